The molecule has 1 aliphatic heterocycles. The molecule has 0 saturated carbocycles. The smallest absolute Gasteiger partial charge is 0.137 e. The Kier molecular flexibility index (Phi) is 2.96. The van der Waals surface area contributed by atoms with Crippen LogP contribution in [-0.2, 0) is 6.54 Å². The summed E-state index contributed by atoms with van der Waals surface area (Å²) in [4.78, 5) is 4.05. The summed E-state index contributed by atoms with van der Waals surface area (Å²) in [7, 11) is 0. The third-order valence-corrected chi connectivity index (χ3v) is 2.38. The van der Waals surface area contributed by atoms with Crippen LogP contribution in [0.5, 0.6) is 5.75 Å². The van der Waals surface area contributed by atoms with E-state index in [1.165, 1.54) is 6.42 Å². The molecule has 4 heteroatoms. The molecule has 0 radical (unpaired) electrons. The van der Waals surface area contributed by atoms with Gasteiger partial charge in [0.05, 0.1) is 6.20 Å². The van der Waals surface area contributed by atoms with Crippen molar-refractivity contribution in [2.24, 2.45) is 5.73 Å². The number of rotatable bonds is 4. The van der Waals surface area contributed by atoms with Crippen molar-refractivity contribution in [1.82, 2.24) is 10.3 Å². The van der Waals surface area contributed by atoms with E-state index in [9.17, 15) is 0 Å². The molecule has 76 valence electrons. The first kappa shape index (κ1) is 9.43. The number of nitrogens with two attached hydrogens (primary N) is 1. The Morgan fingerprint density at radius 3 is 3.07 bits per heavy atom. The van der Waals surface area contributed by atoms with E-state index in [0.717, 1.165) is 24.5 Å². The highest BCUT2D eigenvalue weighted by Crippen LogP contribution is 2.12. The zero-order valence-corrected chi connectivity index (χ0v) is 8.07. The fourth-order valence-corrected chi connectivity index (χ4v) is 1.34. The Morgan fingerprint density at radius 1 is 1.57 bits per heavy atom. The summed E-state index contributed by atoms with van der Waals surface area (Å²) < 4.78 is 5.57. The van der Waals surface area contributed by atoms with Crippen LogP contribution in [0.2, 0.25) is 0 Å². The molecular formula is C10H15N3O. The number of pyridine rings is 1. The molecule has 1 aromatic heterocycles. The summed E-state index contributed by atoms with van der Waals surface area (Å²) in [6.07, 6.45) is 4.68. The lowest BCUT2D eigenvalue weighted by Crippen LogP contribution is -2.46. The molecule has 0 amide bonds. The highest BCUT2D eigenvalue weighted by atomic mass is 16.5. The SMILES string of the molecule is NCc1cncc(OC[C@@H]2CCN2)c1. The van der Waals surface area contributed by atoms with Gasteiger partial charge in [0.2, 0.25) is 0 Å². The van der Waals surface area contributed by atoms with Crippen LogP contribution in [0.4, 0.5) is 0 Å². The first-order valence-electron chi connectivity index (χ1n) is 4.88. The van der Waals surface area contributed by atoms with Gasteiger partial charge in [0.25, 0.3) is 0 Å². The van der Waals surface area contributed by atoms with Crippen LogP contribution in [0.15, 0.2) is 18.5 Å². The van der Waals surface area contributed by atoms with Gasteiger partial charge in [-0.1, -0.05) is 0 Å². The third kappa shape index (κ3) is 2.21. The Morgan fingerprint density at radius 2 is 2.43 bits per heavy atom. The number of nitrogens with zero attached hydrogens (tertiary/aromatic N) is 1. The molecule has 2 heterocycles. The van der Waals surface area contributed by atoms with Gasteiger partial charge in [-0.2, -0.15) is 0 Å². The van der Waals surface area contributed by atoms with Gasteiger partial charge in [-0.15, -0.1) is 0 Å². The molecular weight excluding hydrogens is 178 g/mol. The average molecular weight is 193 g/mol. The number of hydrogen-bond acceptors (Lipinski definition) is 4. The zero-order chi connectivity index (χ0) is 9.80. The highest BCUT2D eigenvalue weighted by Gasteiger charge is 2.16. The van der Waals surface area contributed by atoms with Crippen molar-refractivity contribution in [2.45, 2.75) is 19.0 Å². The summed E-state index contributed by atoms with van der Waals surface area (Å²) >= 11 is 0. The summed E-state index contributed by atoms with van der Waals surface area (Å²) in [5.41, 5.74) is 6.51. The van der Waals surface area contributed by atoms with Crippen molar-refractivity contribution in [1.29, 1.82) is 0 Å². The second-order valence-corrected chi connectivity index (χ2v) is 3.48. The molecule has 0 spiro atoms. The largest absolute Gasteiger partial charge is 0.490 e. The quantitative estimate of drug-likeness (QED) is 0.721. The molecule has 2 rings (SSSR count). The van der Waals surface area contributed by atoms with E-state index in [-0.39, 0.29) is 0 Å². The van der Waals surface area contributed by atoms with Crippen LogP contribution < -0.4 is 15.8 Å². The molecule has 3 N–H and O–H groups in total. The van der Waals surface area contributed by atoms with Crippen LogP contribution in [0.1, 0.15) is 12.0 Å². The highest BCUT2D eigenvalue weighted by molar-refractivity contribution is 5.23. The lowest BCUT2D eigenvalue weighted by molar-refractivity contribution is 0.217. The third-order valence-electron chi connectivity index (χ3n) is 2.38. The first-order chi connectivity index (χ1) is 6.88. The van der Waals surface area contributed by atoms with Crippen LogP contribution in [0, 0.1) is 0 Å². The minimum atomic E-state index is 0.506. The summed E-state index contributed by atoms with van der Waals surface area (Å²) in [6.45, 7) is 2.33. The van der Waals surface area contributed by atoms with Gasteiger partial charge >= 0.3 is 0 Å². The monoisotopic (exact) mass is 193 g/mol. The topological polar surface area (TPSA) is 60.2 Å². The molecule has 1 aliphatic rings. The van der Waals surface area contributed by atoms with Gasteiger partial charge in [0.1, 0.15) is 12.4 Å². The second kappa shape index (κ2) is 4.39. The van der Waals surface area contributed by atoms with Crippen LogP contribution in [-0.4, -0.2) is 24.2 Å². The molecule has 14 heavy (non-hydrogen) atoms. The van der Waals surface area contributed by atoms with E-state index in [1.54, 1.807) is 12.4 Å². The predicted molar refractivity (Wildman–Crippen MR) is 54.0 cm³/mol. The van der Waals surface area contributed by atoms with Crippen LogP contribution in [0.25, 0.3) is 0 Å². The van der Waals surface area contributed by atoms with Crippen molar-refractivity contribution < 1.29 is 4.74 Å². The Hall–Kier alpha value is -1.13. The van der Waals surface area contributed by atoms with Crippen LogP contribution >= 0.6 is 0 Å². The number of ether oxygens (including phenoxy) is 1. The van der Waals surface area contributed by atoms with Crippen molar-refractivity contribution in [3.63, 3.8) is 0 Å². The molecule has 1 aromatic rings. The van der Waals surface area contributed by atoms with Gasteiger partial charge in [-0.25, -0.2) is 0 Å². The molecule has 4 nitrogen and oxygen atoms in total. The summed E-state index contributed by atoms with van der Waals surface area (Å²) in [6, 6.07) is 2.45. The van der Waals surface area contributed by atoms with Gasteiger partial charge in [-0.3, -0.25) is 4.98 Å². The van der Waals surface area contributed by atoms with Gasteiger partial charge in [0.15, 0.2) is 0 Å². The van der Waals surface area contributed by atoms with E-state index < -0.39 is 0 Å². The zero-order valence-electron chi connectivity index (χ0n) is 8.07. The van der Waals surface area contributed by atoms with Crippen molar-refractivity contribution in [2.75, 3.05) is 13.2 Å². The van der Waals surface area contributed by atoms with Gasteiger partial charge in [-0.05, 0) is 24.6 Å². The lowest BCUT2D eigenvalue weighted by Gasteiger charge is -2.27. The van der Waals surface area contributed by atoms with E-state index in [2.05, 4.69) is 10.3 Å². The molecule has 0 aromatic carbocycles. The molecule has 1 atom stereocenters. The minimum absolute atomic E-state index is 0.506. The molecule has 0 unspecified atom stereocenters. The second-order valence-electron chi connectivity index (χ2n) is 3.48. The fraction of sp³-hybridized carbons (Fsp3) is 0.500. The van der Waals surface area contributed by atoms with Crippen LogP contribution in [0.3, 0.4) is 0 Å². The Bertz CT molecular complexity index is 299. The van der Waals surface area contributed by atoms with Crippen molar-refractivity contribution in [3.8, 4) is 5.75 Å². The maximum absolute atomic E-state index is 5.57. The van der Waals surface area contributed by atoms with Gasteiger partial charge in [0, 0.05) is 18.8 Å². The predicted octanol–water partition coefficient (Wildman–Crippen LogP) is 0.281. The standard InChI is InChI=1S/C10H15N3O/c11-4-8-3-10(6-12-5-8)14-7-9-1-2-13-9/h3,5-6,9,13H,1-2,4,7,11H2/t9-/m0/s1. The van der Waals surface area contributed by atoms with Crippen molar-refractivity contribution in [3.05, 3.63) is 24.0 Å². The molecule has 1 fully saturated rings. The van der Waals surface area contributed by atoms with Gasteiger partial charge < -0.3 is 15.8 Å². The summed E-state index contributed by atoms with van der Waals surface area (Å²) in [5.74, 6) is 0.807. The Labute approximate surface area is 83.5 Å². The Balaban J connectivity index is 1.87. The van der Waals surface area contributed by atoms with E-state index in [4.69, 9.17) is 10.5 Å². The minimum Gasteiger partial charge on any atom is -0.490 e. The van der Waals surface area contributed by atoms with E-state index in [1.807, 2.05) is 6.07 Å². The van der Waals surface area contributed by atoms with Crippen molar-refractivity contribution >= 4 is 0 Å². The van der Waals surface area contributed by atoms with E-state index >= 15 is 0 Å². The molecule has 0 aliphatic carbocycles. The average Bonchev–Trinajstić information content (AvgIpc) is 2.16. The number of nitrogens with one attached hydrogen (secondary N) is 1. The maximum Gasteiger partial charge on any atom is 0.137 e. The molecule has 0 bridgehead atoms. The number of aromatic nitrogens is 1. The lowest BCUT2D eigenvalue weighted by atomic mass is 10.1. The molecule has 1 saturated heterocycles. The number of hydrogen-bond donors (Lipinski definition) is 2. The fourth-order valence-electron chi connectivity index (χ4n) is 1.34. The summed E-state index contributed by atoms with van der Waals surface area (Å²) in [5, 5.41) is 3.27. The van der Waals surface area contributed by atoms with E-state index in [0.29, 0.717) is 12.6 Å². The first-order valence-corrected chi connectivity index (χ1v) is 4.88. The normalized spacial score (nSPS) is 20.2. The maximum atomic E-state index is 5.57.